The van der Waals surface area contributed by atoms with Crippen LogP contribution in [0.15, 0.2) is 54.6 Å². The van der Waals surface area contributed by atoms with E-state index < -0.39 is 0 Å². The molecule has 2 aromatic carbocycles. The highest BCUT2D eigenvalue weighted by atomic mass is 16.5. The van der Waals surface area contributed by atoms with Crippen LogP contribution in [0, 0.1) is 5.92 Å². The summed E-state index contributed by atoms with van der Waals surface area (Å²) in [5.74, 6) is 1.66. The minimum absolute atomic E-state index is 0.753. The van der Waals surface area contributed by atoms with E-state index in [1.54, 1.807) is 7.11 Å². The number of rotatable bonds is 6. The third kappa shape index (κ3) is 3.56. The largest absolute Gasteiger partial charge is 0.497 e. The Kier molecular flexibility index (Phi) is 4.41. The highest BCUT2D eigenvalue weighted by molar-refractivity contribution is 5.47. The zero-order chi connectivity index (χ0) is 14.5. The topological polar surface area (TPSA) is 24.5 Å². The first-order valence-corrected chi connectivity index (χ1v) is 7.49. The number of anilines is 1. The Balaban J connectivity index is 1.74. The number of methoxy groups -OCH3 is 1. The van der Waals surface area contributed by atoms with E-state index in [-0.39, 0.29) is 0 Å². The zero-order valence-electron chi connectivity index (χ0n) is 12.5. The van der Waals surface area contributed by atoms with E-state index in [0.29, 0.717) is 0 Å². The predicted molar refractivity (Wildman–Crippen MR) is 86.8 cm³/mol. The van der Waals surface area contributed by atoms with Crippen LogP contribution < -0.4 is 15.0 Å². The fraction of sp³-hybridized carbons (Fsp3) is 0.333. The van der Waals surface area contributed by atoms with Gasteiger partial charge in [0, 0.05) is 37.8 Å². The van der Waals surface area contributed by atoms with Crippen molar-refractivity contribution < 1.29 is 4.74 Å². The molecule has 1 aliphatic rings. The molecule has 0 spiro atoms. The van der Waals surface area contributed by atoms with E-state index in [9.17, 15) is 0 Å². The Morgan fingerprint density at radius 3 is 2.33 bits per heavy atom. The Labute approximate surface area is 126 Å². The number of nitrogens with one attached hydrogen (secondary N) is 1. The zero-order valence-corrected chi connectivity index (χ0v) is 12.5. The molecule has 1 N–H and O–H groups in total. The Morgan fingerprint density at radius 2 is 1.76 bits per heavy atom. The second-order valence-corrected chi connectivity index (χ2v) is 5.59. The van der Waals surface area contributed by atoms with Crippen molar-refractivity contribution in [2.75, 3.05) is 31.6 Å². The summed E-state index contributed by atoms with van der Waals surface area (Å²) < 4.78 is 5.23. The molecule has 2 aromatic rings. The molecular formula is C18H22N2O. The second-order valence-electron chi connectivity index (χ2n) is 5.59. The number of ether oxygens (including phenoxy) is 1. The lowest BCUT2D eigenvalue weighted by molar-refractivity contribution is 0.348. The smallest absolute Gasteiger partial charge is 0.118 e. The quantitative estimate of drug-likeness (QED) is 0.881. The molecule has 0 aromatic heterocycles. The first-order chi connectivity index (χ1) is 10.3. The normalized spacial score (nSPS) is 14.5. The number of hydrogen-bond donors (Lipinski definition) is 1. The first-order valence-electron chi connectivity index (χ1n) is 7.49. The number of hydrogen-bond acceptors (Lipinski definition) is 3. The third-order valence-electron chi connectivity index (χ3n) is 4.00. The van der Waals surface area contributed by atoms with Gasteiger partial charge in [0.15, 0.2) is 0 Å². The van der Waals surface area contributed by atoms with Gasteiger partial charge in [0.25, 0.3) is 0 Å². The molecule has 3 nitrogen and oxygen atoms in total. The molecule has 21 heavy (non-hydrogen) atoms. The lowest BCUT2D eigenvalue weighted by Gasteiger charge is -2.34. The molecule has 1 aliphatic heterocycles. The Morgan fingerprint density at radius 1 is 1.05 bits per heavy atom. The summed E-state index contributed by atoms with van der Waals surface area (Å²) >= 11 is 0. The average molecular weight is 282 g/mol. The fourth-order valence-electron chi connectivity index (χ4n) is 2.64. The molecule has 0 saturated carbocycles. The molecule has 0 radical (unpaired) electrons. The minimum Gasteiger partial charge on any atom is -0.497 e. The van der Waals surface area contributed by atoms with E-state index in [1.165, 1.54) is 11.3 Å². The van der Waals surface area contributed by atoms with Crippen LogP contribution in [0.3, 0.4) is 0 Å². The van der Waals surface area contributed by atoms with Gasteiger partial charge >= 0.3 is 0 Å². The van der Waals surface area contributed by atoms with Gasteiger partial charge in [0.2, 0.25) is 0 Å². The molecule has 110 valence electrons. The maximum absolute atomic E-state index is 5.23. The fourth-order valence-corrected chi connectivity index (χ4v) is 2.64. The Hall–Kier alpha value is -2.00. The average Bonchev–Trinajstić information content (AvgIpc) is 2.51. The van der Waals surface area contributed by atoms with Crippen LogP contribution in [0.4, 0.5) is 5.69 Å². The maximum Gasteiger partial charge on any atom is 0.118 e. The lowest BCUT2D eigenvalue weighted by Crippen LogP contribution is -2.48. The van der Waals surface area contributed by atoms with Crippen molar-refractivity contribution in [2.45, 2.75) is 6.54 Å². The monoisotopic (exact) mass is 282 g/mol. The molecular weight excluding hydrogens is 260 g/mol. The highest BCUT2D eigenvalue weighted by Crippen LogP contribution is 2.21. The van der Waals surface area contributed by atoms with E-state index in [0.717, 1.165) is 37.8 Å². The molecule has 1 saturated heterocycles. The summed E-state index contributed by atoms with van der Waals surface area (Å²) in [5, 5.41) is 3.35. The van der Waals surface area contributed by atoms with Crippen LogP contribution in [0.25, 0.3) is 0 Å². The van der Waals surface area contributed by atoms with Gasteiger partial charge in [-0.15, -0.1) is 0 Å². The molecule has 0 atom stereocenters. The van der Waals surface area contributed by atoms with Crippen LogP contribution in [0.2, 0.25) is 0 Å². The van der Waals surface area contributed by atoms with Gasteiger partial charge in [-0.3, -0.25) is 0 Å². The van der Waals surface area contributed by atoms with Gasteiger partial charge in [-0.05, 0) is 29.8 Å². The predicted octanol–water partition coefficient (Wildman–Crippen LogP) is 2.92. The van der Waals surface area contributed by atoms with Crippen molar-refractivity contribution in [2.24, 2.45) is 5.92 Å². The van der Waals surface area contributed by atoms with Crippen molar-refractivity contribution >= 4 is 5.69 Å². The summed E-state index contributed by atoms with van der Waals surface area (Å²) in [6.07, 6.45) is 0. The van der Waals surface area contributed by atoms with E-state index in [4.69, 9.17) is 4.74 Å². The van der Waals surface area contributed by atoms with Gasteiger partial charge in [-0.2, -0.15) is 0 Å². The van der Waals surface area contributed by atoms with Gasteiger partial charge < -0.3 is 15.0 Å². The molecule has 1 fully saturated rings. The summed E-state index contributed by atoms with van der Waals surface area (Å²) in [7, 11) is 1.70. The van der Waals surface area contributed by atoms with Crippen molar-refractivity contribution in [1.29, 1.82) is 0 Å². The first kappa shape index (κ1) is 14.0. The summed E-state index contributed by atoms with van der Waals surface area (Å²) in [6.45, 7) is 4.30. The highest BCUT2D eigenvalue weighted by Gasteiger charge is 2.20. The third-order valence-corrected chi connectivity index (χ3v) is 4.00. The van der Waals surface area contributed by atoms with Crippen LogP contribution in [-0.4, -0.2) is 26.7 Å². The molecule has 0 unspecified atom stereocenters. The minimum atomic E-state index is 0.753. The number of benzene rings is 2. The van der Waals surface area contributed by atoms with Gasteiger partial charge in [0.1, 0.15) is 5.75 Å². The van der Waals surface area contributed by atoms with Crippen molar-refractivity contribution in [3.05, 3.63) is 60.2 Å². The van der Waals surface area contributed by atoms with E-state index in [2.05, 4.69) is 52.7 Å². The van der Waals surface area contributed by atoms with Gasteiger partial charge in [0.05, 0.1) is 7.11 Å². The number of para-hydroxylation sites is 1. The van der Waals surface area contributed by atoms with Gasteiger partial charge in [-0.1, -0.05) is 30.3 Å². The SMILES string of the molecule is COc1ccc(CN(CC2CNC2)c2ccccc2)cc1. The van der Waals surface area contributed by atoms with Crippen molar-refractivity contribution in [3.63, 3.8) is 0 Å². The van der Waals surface area contributed by atoms with E-state index in [1.807, 2.05) is 12.1 Å². The molecule has 0 bridgehead atoms. The van der Waals surface area contributed by atoms with Crippen molar-refractivity contribution in [1.82, 2.24) is 5.32 Å². The summed E-state index contributed by atoms with van der Waals surface area (Å²) in [6, 6.07) is 19.0. The van der Waals surface area contributed by atoms with Crippen molar-refractivity contribution in [3.8, 4) is 5.75 Å². The standard InChI is InChI=1S/C18H22N2O/c1-21-18-9-7-15(8-10-18)13-20(14-16-11-19-12-16)17-5-3-2-4-6-17/h2-10,16,19H,11-14H2,1H3. The summed E-state index contributed by atoms with van der Waals surface area (Å²) in [5.41, 5.74) is 2.60. The maximum atomic E-state index is 5.23. The van der Waals surface area contributed by atoms with Gasteiger partial charge in [-0.25, -0.2) is 0 Å². The van der Waals surface area contributed by atoms with Crippen LogP contribution in [0.5, 0.6) is 5.75 Å². The van der Waals surface area contributed by atoms with Crippen LogP contribution in [0.1, 0.15) is 5.56 Å². The summed E-state index contributed by atoms with van der Waals surface area (Å²) in [4.78, 5) is 2.47. The van der Waals surface area contributed by atoms with E-state index >= 15 is 0 Å². The molecule has 1 heterocycles. The molecule has 0 amide bonds. The molecule has 0 aliphatic carbocycles. The molecule has 3 heteroatoms. The number of nitrogens with zero attached hydrogens (tertiary/aromatic N) is 1. The molecule has 3 rings (SSSR count). The van der Waals surface area contributed by atoms with Crippen LogP contribution >= 0.6 is 0 Å². The second kappa shape index (κ2) is 6.64. The van der Waals surface area contributed by atoms with Crippen LogP contribution in [-0.2, 0) is 6.54 Å². The lowest BCUT2D eigenvalue weighted by atomic mass is 10.0. The Bertz CT molecular complexity index is 549.